The molecule has 2 aromatic heterocycles. The lowest BCUT2D eigenvalue weighted by Gasteiger charge is -2.21. The standard InChI is InChI=1S/C20H18F4N4O/c21-16-8-17-13(11-28(27-17)15-4-2-1-3-5-15)7-18(16)26-19(29)12-6-14(10-25-9-12)20(22,23)24/h6-11,15H,1-5H2,(H,26,29). The Balaban J connectivity index is 1.59. The normalized spacial score (nSPS) is 15.6. The molecule has 0 aliphatic heterocycles. The topological polar surface area (TPSA) is 59.8 Å². The van der Waals surface area contributed by atoms with Crippen LogP contribution >= 0.6 is 0 Å². The highest BCUT2D eigenvalue weighted by atomic mass is 19.4. The molecule has 0 atom stereocenters. The molecule has 9 heteroatoms. The molecule has 29 heavy (non-hydrogen) atoms. The summed E-state index contributed by atoms with van der Waals surface area (Å²) in [5, 5.41) is 7.42. The lowest BCUT2D eigenvalue weighted by molar-refractivity contribution is -0.137. The van der Waals surface area contributed by atoms with E-state index in [4.69, 9.17) is 0 Å². The molecular formula is C20H18F4N4O. The molecular weight excluding hydrogens is 388 g/mol. The lowest BCUT2D eigenvalue weighted by atomic mass is 9.96. The summed E-state index contributed by atoms with van der Waals surface area (Å²) in [5.74, 6) is -1.58. The van der Waals surface area contributed by atoms with Gasteiger partial charge in [-0.05, 0) is 25.0 Å². The van der Waals surface area contributed by atoms with E-state index in [1.165, 1.54) is 18.6 Å². The molecule has 1 aromatic carbocycles. The van der Waals surface area contributed by atoms with Crippen LogP contribution in [-0.2, 0) is 6.18 Å². The minimum absolute atomic E-state index is 0.122. The van der Waals surface area contributed by atoms with Gasteiger partial charge in [0.2, 0.25) is 0 Å². The van der Waals surface area contributed by atoms with Crippen LogP contribution in [0, 0.1) is 5.82 Å². The third-order valence-electron chi connectivity index (χ3n) is 5.14. The Morgan fingerprint density at radius 2 is 1.86 bits per heavy atom. The molecule has 1 aliphatic carbocycles. The Bertz CT molecular complexity index is 1050. The maximum atomic E-state index is 14.5. The number of amides is 1. The van der Waals surface area contributed by atoms with Crippen molar-refractivity contribution < 1.29 is 22.4 Å². The minimum Gasteiger partial charge on any atom is -0.319 e. The Hall–Kier alpha value is -2.97. The highest BCUT2D eigenvalue weighted by molar-refractivity contribution is 6.05. The molecule has 1 N–H and O–H groups in total. The summed E-state index contributed by atoms with van der Waals surface area (Å²) in [4.78, 5) is 15.8. The van der Waals surface area contributed by atoms with Crippen molar-refractivity contribution in [2.45, 2.75) is 44.3 Å². The molecule has 3 aromatic rings. The predicted octanol–water partition coefficient (Wildman–Crippen LogP) is 5.35. The van der Waals surface area contributed by atoms with Crippen LogP contribution in [0.25, 0.3) is 10.9 Å². The van der Waals surface area contributed by atoms with Crippen molar-refractivity contribution in [3.8, 4) is 0 Å². The van der Waals surface area contributed by atoms with Gasteiger partial charge in [-0.15, -0.1) is 0 Å². The van der Waals surface area contributed by atoms with E-state index >= 15 is 0 Å². The van der Waals surface area contributed by atoms with Crippen LogP contribution < -0.4 is 5.32 Å². The third-order valence-corrected chi connectivity index (χ3v) is 5.14. The van der Waals surface area contributed by atoms with Gasteiger partial charge in [0.25, 0.3) is 5.91 Å². The molecule has 1 aliphatic rings. The fourth-order valence-electron chi connectivity index (χ4n) is 3.61. The van der Waals surface area contributed by atoms with Crippen LogP contribution in [-0.4, -0.2) is 20.7 Å². The summed E-state index contributed by atoms with van der Waals surface area (Å²) in [6.45, 7) is 0. The molecule has 2 heterocycles. The Morgan fingerprint density at radius 1 is 1.10 bits per heavy atom. The third kappa shape index (κ3) is 4.08. The number of benzene rings is 1. The van der Waals surface area contributed by atoms with Crippen molar-refractivity contribution in [1.29, 1.82) is 0 Å². The van der Waals surface area contributed by atoms with Gasteiger partial charge < -0.3 is 5.32 Å². The van der Waals surface area contributed by atoms with E-state index in [-0.39, 0.29) is 17.3 Å². The maximum Gasteiger partial charge on any atom is 0.417 e. The fourth-order valence-corrected chi connectivity index (χ4v) is 3.61. The molecule has 1 amide bonds. The second kappa shape index (κ2) is 7.46. The summed E-state index contributed by atoms with van der Waals surface area (Å²) < 4.78 is 54.7. The molecule has 1 saturated carbocycles. The summed E-state index contributed by atoms with van der Waals surface area (Å²) in [6, 6.07) is 3.61. The van der Waals surface area contributed by atoms with E-state index in [9.17, 15) is 22.4 Å². The number of hydrogen-bond donors (Lipinski definition) is 1. The summed E-state index contributed by atoms with van der Waals surface area (Å²) in [5.41, 5.74) is -1.01. The zero-order chi connectivity index (χ0) is 20.6. The van der Waals surface area contributed by atoms with Gasteiger partial charge >= 0.3 is 6.18 Å². The molecule has 0 bridgehead atoms. The van der Waals surface area contributed by atoms with Crippen LogP contribution in [0.1, 0.15) is 54.1 Å². The smallest absolute Gasteiger partial charge is 0.319 e. The van der Waals surface area contributed by atoms with Crippen LogP contribution in [0.15, 0.2) is 36.8 Å². The minimum atomic E-state index is -4.62. The van der Waals surface area contributed by atoms with E-state index in [0.29, 0.717) is 23.2 Å². The quantitative estimate of drug-likeness (QED) is 0.597. The van der Waals surface area contributed by atoms with Gasteiger partial charge in [0.05, 0.1) is 28.4 Å². The number of nitrogens with one attached hydrogen (secondary N) is 1. The van der Waals surface area contributed by atoms with Crippen molar-refractivity contribution in [2.75, 3.05) is 5.32 Å². The van der Waals surface area contributed by atoms with Gasteiger partial charge in [-0.2, -0.15) is 18.3 Å². The number of halogens is 4. The molecule has 152 valence electrons. The number of alkyl halides is 3. The Morgan fingerprint density at radius 3 is 2.59 bits per heavy atom. The maximum absolute atomic E-state index is 14.5. The number of aromatic nitrogens is 3. The molecule has 1 fully saturated rings. The van der Waals surface area contributed by atoms with E-state index in [1.807, 2.05) is 10.9 Å². The van der Waals surface area contributed by atoms with Gasteiger partial charge in [-0.3, -0.25) is 14.5 Å². The highest BCUT2D eigenvalue weighted by Crippen LogP contribution is 2.31. The summed E-state index contributed by atoms with van der Waals surface area (Å²) in [7, 11) is 0. The lowest BCUT2D eigenvalue weighted by Crippen LogP contribution is -2.15. The van der Waals surface area contributed by atoms with Crippen molar-refractivity contribution in [3.05, 3.63) is 53.7 Å². The first-order valence-electron chi connectivity index (χ1n) is 9.33. The van der Waals surface area contributed by atoms with Gasteiger partial charge in [-0.25, -0.2) is 4.39 Å². The van der Waals surface area contributed by atoms with Gasteiger partial charge in [0.15, 0.2) is 0 Å². The highest BCUT2D eigenvalue weighted by Gasteiger charge is 2.31. The zero-order valence-electron chi connectivity index (χ0n) is 15.3. The number of carbonyl (C=O) groups is 1. The van der Waals surface area contributed by atoms with Crippen molar-refractivity contribution in [3.63, 3.8) is 0 Å². The summed E-state index contributed by atoms with van der Waals surface area (Å²) in [6.07, 6.45) is 4.30. The summed E-state index contributed by atoms with van der Waals surface area (Å²) >= 11 is 0. The Labute approximate surface area is 163 Å². The molecule has 5 nitrogen and oxygen atoms in total. The first-order valence-corrected chi connectivity index (χ1v) is 9.33. The average molecular weight is 406 g/mol. The number of hydrogen-bond acceptors (Lipinski definition) is 3. The monoisotopic (exact) mass is 406 g/mol. The van der Waals surface area contributed by atoms with Crippen LogP contribution in [0.2, 0.25) is 0 Å². The number of nitrogens with zero attached hydrogens (tertiary/aromatic N) is 3. The first-order chi connectivity index (χ1) is 13.8. The molecule has 0 unspecified atom stereocenters. The number of carbonyl (C=O) groups excluding carboxylic acids is 1. The number of fused-ring (bicyclic) bond motifs is 1. The van der Waals surface area contributed by atoms with E-state index in [2.05, 4.69) is 15.4 Å². The van der Waals surface area contributed by atoms with Gasteiger partial charge in [0.1, 0.15) is 5.82 Å². The van der Waals surface area contributed by atoms with Crippen molar-refractivity contribution in [1.82, 2.24) is 14.8 Å². The Kier molecular flexibility index (Phi) is 4.97. The first kappa shape index (κ1) is 19.4. The molecule has 0 saturated heterocycles. The largest absolute Gasteiger partial charge is 0.417 e. The molecule has 0 spiro atoms. The van der Waals surface area contributed by atoms with Gasteiger partial charge in [-0.1, -0.05) is 19.3 Å². The molecule has 4 rings (SSSR count). The van der Waals surface area contributed by atoms with Gasteiger partial charge in [0, 0.05) is 30.0 Å². The molecule has 0 radical (unpaired) electrons. The number of rotatable bonds is 3. The SMILES string of the molecule is O=C(Nc1cc2cn(C3CCCCC3)nc2cc1F)c1cncc(C(F)(F)F)c1. The second-order valence-electron chi connectivity index (χ2n) is 7.21. The van der Waals surface area contributed by atoms with E-state index < -0.39 is 23.5 Å². The van der Waals surface area contributed by atoms with Crippen molar-refractivity contribution >= 4 is 22.5 Å². The van der Waals surface area contributed by atoms with Crippen LogP contribution in [0.5, 0.6) is 0 Å². The number of anilines is 1. The van der Waals surface area contributed by atoms with Crippen LogP contribution in [0.4, 0.5) is 23.2 Å². The van der Waals surface area contributed by atoms with E-state index in [0.717, 1.165) is 31.9 Å². The second-order valence-corrected chi connectivity index (χ2v) is 7.21. The van der Waals surface area contributed by atoms with E-state index in [1.54, 1.807) is 0 Å². The number of pyridine rings is 1. The van der Waals surface area contributed by atoms with Crippen LogP contribution in [0.3, 0.4) is 0 Å². The fraction of sp³-hybridized carbons (Fsp3) is 0.350. The van der Waals surface area contributed by atoms with Crippen molar-refractivity contribution in [2.24, 2.45) is 0 Å². The zero-order valence-corrected chi connectivity index (χ0v) is 15.3. The predicted molar refractivity (Wildman–Crippen MR) is 99.0 cm³/mol. The average Bonchev–Trinajstić information content (AvgIpc) is 3.11.